The van der Waals surface area contributed by atoms with Gasteiger partial charge in [0, 0.05) is 49.5 Å². The fourth-order valence-electron chi connectivity index (χ4n) is 3.81. The third kappa shape index (κ3) is 2.81. The molecule has 5 rings (SSSR count). The fourth-order valence-corrected chi connectivity index (χ4v) is 3.81. The van der Waals surface area contributed by atoms with Crippen molar-refractivity contribution < 1.29 is 0 Å². The van der Waals surface area contributed by atoms with E-state index in [-0.39, 0.29) is 5.56 Å². The van der Waals surface area contributed by atoms with Gasteiger partial charge in [-0.15, -0.1) is 0 Å². The molecule has 5 nitrogen and oxygen atoms in total. The fraction of sp³-hybridized carbons (Fsp3) is 0.182. The lowest BCUT2D eigenvalue weighted by Crippen LogP contribution is -2.47. The Balaban J connectivity index is 1.49. The molecular formula is C22H20N4O. The lowest BCUT2D eigenvalue weighted by Gasteiger charge is -2.36. The Hall–Kier alpha value is -3.34. The maximum atomic E-state index is 12.7. The van der Waals surface area contributed by atoms with E-state index in [0.717, 1.165) is 48.4 Å². The van der Waals surface area contributed by atoms with Crippen molar-refractivity contribution in [1.29, 1.82) is 0 Å². The van der Waals surface area contributed by atoms with Crippen LogP contribution in [0.4, 0.5) is 11.5 Å². The second-order valence-electron chi connectivity index (χ2n) is 6.86. The Labute approximate surface area is 157 Å². The maximum Gasteiger partial charge on any atom is 0.259 e. The summed E-state index contributed by atoms with van der Waals surface area (Å²) in [7, 11) is 0. The summed E-state index contributed by atoms with van der Waals surface area (Å²) in [6.07, 6.45) is 1.81. The maximum absolute atomic E-state index is 12.7. The van der Waals surface area contributed by atoms with Gasteiger partial charge in [-0.05, 0) is 23.6 Å². The third-order valence-electron chi connectivity index (χ3n) is 5.27. The zero-order valence-electron chi connectivity index (χ0n) is 15.0. The van der Waals surface area contributed by atoms with Gasteiger partial charge >= 0.3 is 0 Å². The molecule has 2 aromatic carbocycles. The van der Waals surface area contributed by atoms with Gasteiger partial charge < -0.3 is 9.80 Å². The Morgan fingerprint density at radius 1 is 0.778 bits per heavy atom. The van der Waals surface area contributed by atoms with E-state index in [9.17, 15) is 4.79 Å². The molecule has 0 N–H and O–H groups in total. The van der Waals surface area contributed by atoms with Crippen molar-refractivity contribution in [3.05, 3.63) is 83.3 Å². The molecule has 0 amide bonds. The van der Waals surface area contributed by atoms with Crippen LogP contribution in [0.3, 0.4) is 0 Å². The number of aromatic nitrogens is 2. The van der Waals surface area contributed by atoms with Crippen LogP contribution in [0.5, 0.6) is 0 Å². The van der Waals surface area contributed by atoms with Gasteiger partial charge in [-0.3, -0.25) is 9.20 Å². The standard InChI is InChI=1S/C22H20N4O/c27-21-16-20(23-22-19-9-5-4-6-17(19)10-11-26(21)22)25-14-12-24(13-15-25)18-7-2-1-3-8-18/h1-11,16H,12-15H2. The second kappa shape index (κ2) is 6.43. The number of piperazine rings is 1. The molecule has 0 aliphatic carbocycles. The predicted molar refractivity (Wildman–Crippen MR) is 110 cm³/mol. The van der Waals surface area contributed by atoms with E-state index in [1.807, 2.05) is 42.6 Å². The highest BCUT2D eigenvalue weighted by molar-refractivity contribution is 5.94. The molecule has 2 aromatic heterocycles. The highest BCUT2D eigenvalue weighted by atomic mass is 16.1. The number of rotatable bonds is 2. The number of pyridine rings is 1. The average molecular weight is 356 g/mol. The Bertz CT molecular complexity index is 1160. The van der Waals surface area contributed by atoms with E-state index in [2.05, 4.69) is 34.1 Å². The summed E-state index contributed by atoms with van der Waals surface area (Å²) < 4.78 is 1.63. The van der Waals surface area contributed by atoms with Crippen molar-refractivity contribution in [3.8, 4) is 0 Å². The molecule has 1 saturated heterocycles. The van der Waals surface area contributed by atoms with Gasteiger partial charge in [0.2, 0.25) is 0 Å². The van der Waals surface area contributed by atoms with E-state index in [0.29, 0.717) is 0 Å². The van der Waals surface area contributed by atoms with E-state index < -0.39 is 0 Å². The Kier molecular flexibility index (Phi) is 3.78. The molecule has 3 heterocycles. The zero-order valence-corrected chi connectivity index (χ0v) is 15.0. The highest BCUT2D eigenvalue weighted by Crippen LogP contribution is 2.21. The van der Waals surface area contributed by atoms with Crippen LogP contribution in [0.15, 0.2) is 77.7 Å². The van der Waals surface area contributed by atoms with Crippen molar-refractivity contribution in [2.75, 3.05) is 36.0 Å². The van der Waals surface area contributed by atoms with Crippen molar-refractivity contribution in [1.82, 2.24) is 9.38 Å². The van der Waals surface area contributed by atoms with E-state index >= 15 is 0 Å². The van der Waals surface area contributed by atoms with Crippen LogP contribution >= 0.6 is 0 Å². The van der Waals surface area contributed by atoms with Crippen molar-refractivity contribution in [2.45, 2.75) is 0 Å². The van der Waals surface area contributed by atoms with Crippen molar-refractivity contribution in [3.63, 3.8) is 0 Å². The SMILES string of the molecule is O=c1cc(N2CCN(c3ccccc3)CC2)nc2c3ccccc3ccn12. The smallest absolute Gasteiger partial charge is 0.259 e. The summed E-state index contributed by atoms with van der Waals surface area (Å²) in [6.45, 7) is 3.53. The van der Waals surface area contributed by atoms with Crippen molar-refractivity contribution in [2.24, 2.45) is 0 Å². The number of hydrogen-bond donors (Lipinski definition) is 0. The first-order chi connectivity index (χ1) is 13.3. The molecular weight excluding hydrogens is 336 g/mol. The van der Waals surface area contributed by atoms with Gasteiger partial charge in [-0.25, -0.2) is 4.98 Å². The molecule has 4 aromatic rings. The quantitative estimate of drug-likeness (QED) is 0.517. The highest BCUT2D eigenvalue weighted by Gasteiger charge is 2.19. The molecule has 134 valence electrons. The minimum absolute atomic E-state index is 0.0359. The first-order valence-electron chi connectivity index (χ1n) is 9.26. The van der Waals surface area contributed by atoms with Crippen LogP contribution in [0.1, 0.15) is 0 Å². The van der Waals surface area contributed by atoms with Crippen LogP contribution in [0, 0.1) is 0 Å². The van der Waals surface area contributed by atoms with Crippen LogP contribution in [0.25, 0.3) is 16.4 Å². The lowest BCUT2D eigenvalue weighted by molar-refractivity contribution is 0.647. The molecule has 1 aliphatic heterocycles. The van der Waals surface area contributed by atoms with Gasteiger partial charge in [0.25, 0.3) is 5.56 Å². The van der Waals surface area contributed by atoms with E-state index in [1.54, 1.807) is 10.5 Å². The molecule has 27 heavy (non-hydrogen) atoms. The number of benzene rings is 2. The number of para-hydroxylation sites is 1. The van der Waals surface area contributed by atoms with Crippen LogP contribution < -0.4 is 15.4 Å². The summed E-state index contributed by atoms with van der Waals surface area (Å²) >= 11 is 0. The largest absolute Gasteiger partial charge is 0.368 e. The summed E-state index contributed by atoms with van der Waals surface area (Å²) in [6, 6.07) is 22.1. The van der Waals surface area contributed by atoms with Gasteiger partial charge in [0.15, 0.2) is 0 Å². The first-order valence-corrected chi connectivity index (χ1v) is 9.26. The predicted octanol–water partition coefficient (Wildman–Crippen LogP) is 3.17. The summed E-state index contributed by atoms with van der Waals surface area (Å²) in [4.78, 5) is 22.1. The molecule has 0 bridgehead atoms. The van der Waals surface area contributed by atoms with Crippen molar-refractivity contribution >= 4 is 27.9 Å². The summed E-state index contributed by atoms with van der Waals surface area (Å²) in [5.74, 6) is 0.768. The van der Waals surface area contributed by atoms with Gasteiger partial charge in [0.1, 0.15) is 11.5 Å². The molecule has 0 spiro atoms. The molecule has 1 fully saturated rings. The average Bonchev–Trinajstić information content (AvgIpc) is 2.74. The minimum atomic E-state index is -0.0359. The molecule has 0 radical (unpaired) electrons. The number of hydrogen-bond acceptors (Lipinski definition) is 4. The second-order valence-corrected chi connectivity index (χ2v) is 6.86. The van der Waals surface area contributed by atoms with Gasteiger partial charge in [0.05, 0.1) is 0 Å². The molecule has 1 aliphatic rings. The zero-order chi connectivity index (χ0) is 18.2. The minimum Gasteiger partial charge on any atom is -0.368 e. The van der Waals surface area contributed by atoms with E-state index in [1.165, 1.54) is 5.69 Å². The molecule has 5 heteroatoms. The normalized spacial score (nSPS) is 14.8. The van der Waals surface area contributed by atoms with Crippen LogP contribution in [-0.4, -0.2) is 35.6 Å². The number of nitrogens with zero attached hydrogens (tertiary/aromatic N) is 4. The number of fused-ring (bicyclic) bond motifs is 3. The monoisotopic (exact) mass is 356 g/mol. The van der Waals surface area contributed by atoms with Gasteiger partial charge in [-0.1, -0.05) is 42.5 Å². The first kappa shape index (κ1) is 15.9. The topological polar surface area (TPSA) is 40.9 Å². The van der Waals surface area contributed by atoms with Crippen LogP contribution in [-0.2, 0) is 0 Å². The Morgan fingerprint density at radius 2 is 1.48 bits per heavy atom. The summed E-state index contributed by atoms with van der Waals surface area (Å²) in [5, 5.41) is 2.09. The van der Waals surface area contributed by atoms with E-state index in [4.69, 9.17) is 4.98 Å². The summed E-state index contributed by atoms with van der Waals surface area (Å²) in [5.41, 5.74) is 1.93. The molecule has 0 saturated carbocycles. The molecule has 0 atom stereocenters. The number of anilines is 2. The van der Waals surface area contributed by atoms with Gasteiger partial charge in [-0.2, -0.15) is 0 Å². The molecule has 0 unspecified atom stereocenters. The third-order valence-corrected chi connectivity index (χ3v) is 5.27. The Morgan fingerprint density at radius 3 is 2.30 bits per heavy atom. The lowest BCUT2D eigenvalue weighted by atomic mass is 10.1. The van der Waals surface area contributed by atoms with Crippen LogP contribution in [0.2, 0.25) is 0 Å².